The molecule has 0 aliphatic rings. The molecule has 0 bridgehead atoms. The third-order valence-corrected chi connectivity index (χ3v) is 4.40. The van der Waals surface area contributed by atoms with Crippen LogP contribution < -0.4 is 0 Å². The van der Waals surface area contributed by atoms with E-state index in [1.165, 1.54) is 4.90 Å². The van der Waals surface area contributed by atoms with Crippen LogP contribution in [0.4, 0.5) is 0 Å². The van der Waals surface area contributed by atoms with E-state index in [-0.39, 0.29) is 18.0 Å². The Balaban J connectivity index is 2.02. The van der Waals surface area contributed by atoms with Crippen LogP contribution in [0.5, 0.6) is 0 Å². The largest absolute Gasteiger partial charge is 0.481 e. The van der Waals surface area contributed by atoms with Crippen LogP contribution in [0.15, 0.2) is 21.1 Å². The van der Waals surface area contributed by atoms with Gasteiger partial charge in [-0.05, 0) is 39.3 Å². The number of fused-ring (bicyclic) bond motifs is 1. The summed E-state index contributed by atoms with van der Waals surface area (Å²) in [5.41, 5.74) is 2.63. The Morgan fingerprint density at radius 2 is 1.96 bits per heavy atom. The van der Waals surface area contributed by atoms with Crippen LogP contribution in [0.2, 0.25) is 0 Å². The second kappa shape index (κ2) is 7.22. The molecular formula is C19H21N3O5. The van der Waals surface area contributed by atoms with E-state index >= 15 is 0 Å². The number of aromatic nitrogens is 2. The fourth-order valence-electron chi connectivity index (χ4n) is 3.06. The van der Waals surface area contributed by atoms with E-state index in [0.29, 0.717) is 41.1 Å². The average Bonchev–Trinajstić information content (AvgIpc) is 3.15. The van der Waals surface area contributed by atoms with Crippen LogP contribution in [0.1, 0.15) is 40.4 Å². The Morgan fingerprint density at radius 1 is 1.22 bits per heavy atom. The zero-order valence-electron chi connectivity index (χ0n) is 15.7. The molecule has 1 N–H and O–H groups in total. The molecule has 142 valence electrons. The van der Waals surface area contributed by atoms with Crippen LogP contribution >= 0.6 is 0 Å². The molecule has 8 heteroatoms. The molecular weight excluding hydrogens is 350 g/mol. The first-order valence-electron chi connectivity index (χ1n) is 8.59. The molecule has 3 rings (SSSR count). The molecule has 0 radical (unpaired) electrons. The van der Waals surface area contributed by atoms with Gasteiger partial charge in [-0.3, -0.25) is 9.59 Å². The first-order valence-corrected chi connectivity index (χ1v) is 8.59. The maximum Gasteiger partial charge on any atom is 0.303 e. The number of carboxylic acids is 1. The minimum Gasteiger partial charge on any atom is -0.481 e. The number of aryl methyl sites for hydroxylation is 3. The van der Waals surface area contributed by atoms with Crippen molar-refractivity contribution >= 4 is 23.0 Å². The van der Waals surface area contributed by atoms with Gasteiger partial charge in [0, 0.05) is 25.6 Å². The molecule has 0 unspecified atom stereocenters. The van der Waals surface area contributed by atoms with Gasteiger partial charge in [0.15, 0.2) is 0 Å². The van der Waals surface area contributed by atoms with Gasteiger partial charge >= 0.3 is 5.97 Å². The number of aliphatic carboxylic acids is 1. The lowest BCUT2D eigenvalue weighted by Gasteiger charge is -2.17. The van der Waals surface area contributed by atoms with Crippen molar-refractivity contribution in [3.63, 3.8) is 0 Å². The highest BCUT2D eigenvalue weighted by Crippen LogP contribution is 2.30. The molecule has 0 aliphatic carbocycles. The second-order valence-corrected chi connectivity index (χ2v) is 6.55. The fraction of sp³-hybridized carbons (Fsp3) is 0.368. The molecule has 0 aromatic carbocycles. The number of nitrogens with zero attached hydrogens (tertiary/aromatic N) is 3. The Morgan fingerprint density at radius 3 is 2.59 bits per heavy atom. The van der Waals surface area contributed by atoms with Crippen molar-refractivity contribution in [3.8, 4) is 11.3 Å². The summed E-state index contributed by atoms with van der Waals surface area (Å²) in [5.74, 6) is 0.323. The van der Waals surface area contributed by atoms with Gasteiger partial charge in [0.05, 0.1) is 22.3 Å². The SMILES string of the molecule is Cc1cc(-c2cc(C(=O)N(C)CCCC(=O)O)c3c(C)noc3n2)c(C)o1. The summed E-state index contributed by atoms with van der Waals surface area (Å²) in [4.78, 5) is 29.7. The minimum absolute atomic E-state index is 0.00834. The van der Waals surface area contributed by atoms with Crippen LogP contribution in [-0.2, 0) is 4.79 Å². The Hall–Kier alpha value is -3.16. The number of carboxylic acid groups (broad SMARTS) is 1. The molecule has 0 fully saturated rings. The minimum atomic E-state index is -0.884. The van der Waals surface area contributed by atoms with E-state index in [2.05, 4.69) is 10.1 Å². The molecule has 0 aliphatic heterocycles. The van der Waals surface area contributed by atoms with Gasteiger partial charge in [0.25, 0.3) is 11.6 Å². The van der Waals surface area contributed by atoms with E-state index in [0.717, 1.165) is 11.3 Å². The van der Waals surface area contributed by atoms with Crippen molar-refractivity contribution in [1.82, 2.24) is 15.0 Å². The zero-order valence-corrected chi connectivity index (χ0v) is 15.7. The molecule has 0 saturated heterocycles. The van der Waals surface area contributed by atoms with Crippen LogP contribution in [0.25, 0.3) is 22.4 Å². The van der Waals surface area contributed by atoms with E-state index < -0.39 is 5.97 Å². The monoisotopic (exact) mass is 371 g/mol. The number of carbonyl (C=O) groups excluding carboxylic acids is 1. The van der Waals surface area contributed by atoms with Crippen molar-refractivity contribution in [3.05, 3.63) is 34.9 Å². The van der Waals surface area contributed by atoms with Gasteiger partial charge in [0.1, 0.15) is 11.5 Å². The maximum atomic E-state index is 13.0. The smallest absolute Gasteiger partial charge is 0.303 e. The van der Waals surface area contributed by atoms with Crippen molar-refractivity contribution in [2.24, 2.45) is 0 Å². The number of hydrogen-bond donors (Lipinski definition) is 1. The summed E-state index contributed by atoms with van der Waals surface area (Å²) in [5, 5.41) is 13.3. The molecule has 0 atom stereocenters. The quantitative estimate of drug-likeness (QED) is 0.707. The Labute approximate surface area is 155 Å². The van der Waals surface area contributed by atoms with Gasteiger partial charge in [-0.25, -0.2) is 4.98 Å². The summed E-state index contributed by atoms with van der Waals surface area (Å²) in [6, 6.07) is 3.57. The predicted molar refractivity (Wildman–Crippen MR) is 97.5 cm³/mol. The fourth-order valence-corrected chi connectivity index (χ4v) is 3.06. The number of furan rings is 1. The second-order valence-electron chi connectivity index (χ2n) is 6.55. The lowest BCUT2D eigenvalue weighted by Crippen LogP contribution is -2.28. The summed E-state index contributed by atoms with van der Waals surface area (Å²) < 4.78 is 10.9. The third kappa shape index (κ3) is 3.69. The molecule has 3 aromatic rings. The molecule has 0 spiro atoms. The number of hydrogen-bond acceptors (Lipinski definition) is 6. The first-order chi connectivity index (χ1) is 12.8. The van der Waals surface area contributed by atoms with Gasteiger partial charge in [-0.15, -0.1) is 0 Å². The highest BCUT2D eigenvalue weighted by atomic mass is 16.5. The summed E-state index contributed by atoms with van der Waals surface area (Å²) >= 11 is 0. The summed E-state index contributed by atoms with van der Waals surface area (Å²) in [6.45, 7) is 5.76. The molecule has 3 heterocycles. The topological polar surface area (TPSA) is 110 Å². The first kappa shape index (κ1) is 18.6. The van der Waals surface area contributed by atoms with Crippen molar-refractivity contribution in [2.75, 3.05) is 13.6 Å². The molecule has 1 amide bonds. The molecule has 27 heavy (non-hydrogen) atoms. The van der Waals surface area contributed by atoms with Gasteiger partial charge in [-0.1, -0.05) is 5.16 Å². The van der Waals surface area contributed by atoms with Crippen molar-refractivity contribution in [1.29, 1.82) is 0 Å². The van der Waals surface area contributed by atoms with E-state index in [9.17, 15) is 9.59 Å². The highest BCUT2D eigenvalue weighted by Gasteiger charge is 2.23. The standard InChI is InChI=1S/C19H21N3O5/c1-10-8-13(12(3)26-10)15-9-14(17-11(2)21-27-18(17)20-15)19(25)22(4)7-5-6-16(23)24/h8-9H,5-7H2,1-4H3,(H,23,24). The molecule has 8 nitrogen and oxygen atoms in total. The summed E-state index contributed by atoms with van der Waals surface area (Å²) in [7, 11) is 1.65. The predicted octanol–water partition coefficient (Wildman–Crippen LogP) is 3.34. The lowest BCUT2D eigenvalue weighted by molar-refractivity contribution is -0.137. The number of amides is 1. The van der Waals surface area contributed by atoms with E-state index in [1.807, 2.05) is 19.9 Å². The maximum absolute atomic E-state index is 13.0. The molecule has 0 saturated carbocycles. The lowest BCUT2D eigenvalue weighted by atomic mass is 10.0. The Bertz CT molecular complexity index is 1020. The van der Waals surface area contributed by atoms with Crippen molar-refractivity contribution in [2.45, 2.75) is 33.6 Å². The zero-order chi connectivity index (χ0) is 19.7. The normalized spacial score (nSPS) is 11.1. The van der Waals surface area contributed by atoms with Crippen LogP contribution in [0.3, 0.4) is 0 Å². The number of pyridine rings is 1. The summed E-state index contributed by atoms with van der Waals surface area (Å²) in [6.07, 6.45) is 0.385. The molecule has 3 aromatic heterocycles. The van der Waals surface area contributed by atoms with Crippen LogP contribution in [0, 0.1) is 20.8 Å². The highest BCUT2D eigenvalue weighted by molar-refractivity contribution is 6.06. The van der Waals surface area contributed by atoms with Gasteiger partial charge < -0.3 is 18.9 Å². The third-order valence-electron chi connectivity index (χ3n) is 4.40. The van der Waals surface area contributed by atoms with E-state index in [1.54, 1.807) is 20.0 Å². The van der Waals surface area contributed by atoms with Crippen molar-refractivity contribution < 1.29 is 23.6 Å². The van der Waals surface area contributed by atoms with E-state index in [4.69, 9.17) is 14.0 Å². The van der Waals surface area contributed by atoms with Gasteiger partial charge in [-0.2, -0.15) is 0 Å². The number of rotatable bonds is 6. The van der Waals surface area contributed by atoms with Gasteiger partial charge in [0.2, 0.25) is 0 Å². The van der Waals surface area contributed by atoms with Crippen LogP contribution in [-0.4, -0.2) is 45.6 Å². The average molecular weight is 371 g/mol. The number of carbonyl (C=O) groups is 2. The Kier molecular flexibility index (Phi) is 4.98.